The highest BCUT2D eigenvalue weighted by molar-refractivity contribution is 6.94. The molecule has 0 radical (unpaired) electrons. The van der Waals surface area contributed by atoms with Gasteiger partial charge in [-0.05, 0) is 28.5 Å². The van der Waals surface area contributed by atoms with Crippen LogP contribution in [0.25, 0.3) is 10.8 Å². The summed E-state index contributed by atoms with van der Waals surface area (Å²) in [5, 5.41) is 0.776. The molecular formula is C20H24O2Si. The Morgan fingerprint density at radius 3 is 1.78 bits per heavy atom. The Labute approximate surface area is 139 Å². The van der Waals surface area contributed by atoms with Crippen LogP contribution in [0.2, 0.25) is 5.54 Å². The van der Waals surface area contributed by atoms with E-state index in [2.05, 4.69) is 32.9 Å². The average molecular weight is 324 g/mol. The van der Waals surface area contributed by atoms with Crippen molar-refractivity contribution < 1.29 is 9.59 Å². The molecule has 2 aromatic carbocycles. The van der Waals surface area contributed by atoms with Gasteiger partial charge in [0.1, 0.15) is 0 Å². The Morgan fingerprint density at radius 2 is 1.30 bits per heavy atom. The van der Waals surface area contributed by atoms with Crippen molar-refractivity contribution in [3.05, 3.63) is 71.8 Å². The Bertz CT molecular complexity index is 712. The summed E-state index contributed by atoms with van der Waals surface area (Å²) in [5.74, 6) is 0. The topological polar surface area (TPSA) is 40.5 Å². The van der Waals surface area contributed by atoms with Crippen LogP contribution in [-0.4, -0.2) is 18.2 Å². The van der Waals surface area contributed by atoms with Crippen molar-refractivity contribution in [3.63, 3.8) is 0 Å². The molecule has 2 N–H and O–H groups in total. The summed E-state index contributed by atoms with van der Waals surface area (Å²) >= 11 is 0. The van der Waals surface area contributed by atoms with Crippen LogP contribution in [0, 0.1) is 5.41 Å². The second-order valence-electron chi connectivity index (χ2n) is 7.56. The molecule has 0 amide bonds. The number of hydrogen-bond acceptors (Lipinski definition) is 2. The van der Waals surface area contributed by atoms with E-state index in [1.807, 2.05) is 48.5 Å². The van der Waals surface area contributed by atoms with Gasteiger partial charge in [-0.3, -0.25) is 0 Å². The molecular weight excluding hydrogens is 300 g/mol. The maximum absolute atomic E-state index is 10.9. The molecule has 2 nitrogen and oxygen atoms in total. The molecule has 1 atom stereocenters. The molecule has 120 valence electrons. The molecule has 2 aromatic rings. The molecule has 1 aliphatic rings. The minimum Gasteiger partial charge on any atom is -0.407 e. The van der Waals surface area contributed by atoms with E-state index in [1.54, 1.807) is 0 Å². The fourth-order valence-electron chi connectivity index (χ4n) is 3.46. The zero-order valence-corrected chi connectivity index (χ0v) is 15.0. The van der Waals surface area contributed by atoms with E-state index < -0.39 is 8.56 Å². The molecule has 0 aromatic heterocycles. The van der Waals surface area contributed by atoms with E-state index in [0.717, 1.165) is 28.3 Å². The van der Waals surface area contributed by atoms with E-state index in [-0.39, 0.29) is 11.0 Å². The van der Waals surface area contributed by atoms with Gasteiger partial charge < -0.3 is 9.59 Å². The van der Waals surface area contributed by atoms with Crippen LogP contribution in [0.15, 0.2) is 60.7 Å². The van der Waals surface area contributed by atoms with Crippen LogP contribution < -0.4 is 0 Å². The summed E-state index contributed by atoms with van der Waals surface area (Å²) in [5.41, 5.74) is 3.07. The van der Waals surface area contributed by atoms with Gasteiger partial charge in [0.15, 0.2) is 0 Å². The van der Waals surface area contributed by atoms with Gasteiger partial charge in [0.2, 0.25) is 0 Å². The lowest BCUT2D eigenvalue weighted by molar-refractivity contribution is 0.316. The first kappa shape index (κ1) is 16.2. The summed E-state index contributed by atoms with van der Waals surface area (Å²) in [6.45, 7) is 6.46. The molecule has 0 saturated heterocycles. The Morgan fingerprint density at radius 1 is 0.826 bits per heavy atom. The Balaban J connectivity index is 2.15. The molecule has 3 heteroatoms. The van der Waals surface area contributed by atoms with E-state index >= 15 is 0 Å². The van der Waals surface area contributed by atoms with Crippen molar-refractivity contribution in [2.24, 2.45) is 5.41 Å². The summed E-state index contributed by atoms with van der Waals surface area (Å²) in [7, 11) is -3.43. The molecule has 0 fully saturated rings. The zero-order valence-electron chi connectivity index (χ0n) is 14.0. The first-order valence-electron chi connectivity index (χ1n) is 8.11. The highest BCUT2D eigenvalue weighted by Crippen LogP contribution is 2.57. The van der Waals surface area contributed by atoms with E-state index in [4.69, 9.17) is 0 Å². The Hall–Kier alpha value is -1.68. The first-order valence-corrected chi connectivity index (χ1v) is 10.1. The van der Waals surface area contributed by atoms with Crippen LogP contribution in [0.3, 0.4) is 0 Å². The van der Waals surface area contributed by atoms with E-state index in [0.29, 0.717) is 0 Å². The molecule has 0 spiro atoms. The predicted octanol–water partition coefficient (Wildman–Crippen LogP) is 4.38. The highest BCUT2D eigenvalue weighted by atomic mass is 28.4. The van der Waals surface area contributed by atoms with Crippen molar-refractivity contribution in [2.75, 3.05) is 0 Å². The van der Waals surface area contributed by atoms with Gasteiger partial charge in [-0.1, -0.05) is 81.4 Å². The standard InChI is InChI=1S/C20H24O2Si/c1-20(2,3)14-17-18(15-10-6-4-7-11-15)19(23(17,21)22)16-12-8-5-9-13-16/h4-13,17,21-22H,14H2,1-3H3. The van der Waals surface area contributed by atoms with Crippen LogP contribution in [0.1, 0.15) is 38.3 Å². The number of hydrogen-bond donors (Lipinski definition) is 2. The van der Waals surface area contributed by atoms with Crippen molar-refractivity contribution in [3.8, 4) is 0 Å². The molecule has 1 heterocycles. The van der Waals surface area contributed by atoms with Crippen LogP contribution >= 0.6 is 0 Å². The maximum Gasteiger partial charge on any atom is 0.375 e. The van der Waals surface area contributed by atoms with Gasteiger partial charge in [-0.2, -0.15) is 0 Å². The number of benzene rings is 2. The largest absolute Gasteiger partial charge is 0.407 e. The highest BCUT2D eigenvalue weighted by Gasteiger charge is 2.57. The molecule has 0 saturated carbocycles. The Kier molecular flexibility index (Phi) is 4.04. The monoisotopic (exact) mass is 324 g/mol. The molecule has 23 heavy (non-hydrogen) atoms. The smallest absolute Gasteiger partial charge is 0.375 e. The quantitative estimate of drug-likeness (QED) is 0.822. The van der Waals surface area contributed by atoms with Crippen molar-refractivity contribution in [2.45, 2.75) is 32.7 Å². The third-order valence-electron chi connectivity index (χ3n) is 4.44. The van der Waals surface area contributed by atoms with Gasteiger partial charge in [-0.25, -0.2) is 0 Å². The maximum atomic E-state index is 10.9. The normalized spacial score (nSPS) is 20.3. The lowest BCUT2D eigenvalue weighted by Crippen LogP contribution is -2.52. The van der Waals surface area contributed by atoms with Crippen LogP contribution in [-0.2, 0) is 0 Å². The van der Waals surface area contributed by atoms with Gasteiger partial charge in [0, 0.05) is 10.7 Å². The minimum atomic E-state index is -3.43. The van der Waals surface area contributed by atoms with E-state index in [9.17, 15) is 9.59 Å². The average Bonchev–Trinajstić information content (AvgIpc) is 2.51. The molecule has 1 aliphatic heterocycles. The number of allylic oxidation sites excluding steroid dienone is 1. The zero-order chi connectivity index (χ0) is 16.7. The third-order valence-corrected chi connectivity index (χ3v) is 7.19. The van der Waals surface area contributed by atoms with Crippen LogP contribution in [0.4, 0.5) is 0 Å². The van der Waals surface area contributed by atoms with Gasteiger partial charge >= 0.3 is 8.56 Å². The fourth-order valence-corrected chi connectivity index (χ4v) is 6.50. The minimum absolute atomic E-state index is 0.0522. The first-order chi connectivity index (χ1) is 10.8. The van der Waals surface area contributed by atoms with Gasteiger partial charge in [-0.15, -0.1) is 0 Å². The summed E-state index contributed by atoms with van der Waals surface area (Å²) in [6.07, 6.45) is 0.785. The van der Waals surface area contributed by atoms with Gasteiger partial charge in [0.25, 0.3) is 0 Å². The summed E-state index contributed by atoms with van der Waals surface area (Å²) in [6, 6.07) is 19.9. The van der Waals surface area contributed by atoms with Crippen molar-refractivity contribution >= 4 is 19.3 Å². The molecule has 1 unspecified atom stereocenters. The summed E-state index contributed by atoms with van der Waals surface area (Å²) < 4.78 is 0. The van der Waals surface area contributed by atoms with E-state index in [1.165, 1.54) is 0 Å². The van der Waals surface area contributed by atoms with Gasteiger partial charge in [0.05, 0.1) is 0 Å². The van der Waals surface area contributed by atoms with Crippen LogP contribution in [0.5, 0.6) is 0 Å². The lowest BCUT2D eigenvalue weighted by Gasteiger charge is -2.45. The third kappa shape index (κ3) is 3.04. The van der Waals surface area contributed by atoms with Crippen molar-refractivity contribution in [1.29, 1.82) is 0 Å². The predicted molar refractivity (Wildman–Crippen MR) is 97.7 cm³/mol. The van der Waals surface area contributed by atoms with Crippen molar-refractivity contribution in [1.82, 2.24) is 0 Å². The molecule has 0 bridgehead atoms. The SMILES string of the molecule is CC(C)(C)CC1C(c2ccccc2)=C(c2ccccc2)[Si]1(O)O. The second-order valence-corrected chi connectivity index (χ2v) is 10.2. The fraction of sp³-hybridized carbons (Fsp3) is 0.300. The molecule has 3 rings (SSSR count). The lowest BCUT2D eigenvalue weighted by atomic mass is 9.85. The summed E-state index contributed by atoms with van der Waals surface area (Å²) in [4.78, 5) is 21.8. The second kappa shape index (κ2) is 5.75. The number of rotatable bonds is 3. The molecule has 0 aliphatic carbocycles.